The van der Waals surface area contributed by atoms with E-state index in [0.717, 1.165) is 5.56 Å². The van der Waals surface area contributed by atoms with E-state index in [1.807, 2.05) is 12.1 Å². The summed E-state index contributed by atoms with van der Waals surface area (Å²) >= 11 is 0. The van der Waals surface area contributed by atoms with Crippen LogP contribution in [0.4, 0.5) is 5.69 Å². The van der Waals surface area contributed by atoms with Gasteiger partial charge in [0.2, 0.25) is 0 Å². The van der Waals surface area contributed by atoms with Gasteiger partial charge in [0.05, 0.1) is 10.6 Å². The number of nitrogens with zero attached hydrogens (tertiary/aromatic N) is 3. The number of hydrogen-bond acceptors (Lipinski definition) is 5. The molecule has 20 heavy (non-hydrogen) atoms. The second-order valence-electron chi connectivity index (χ2n) is 4.58. The number of hydrogen-bond donors (Lipinski definition) is 1. The van der Waals surface area contributed by atoms with Gasteiger partial charge in [0, 0.05) is 42.8 Å². The average Bonchev–Trinajstić information content (AvgIpc) is 2.42. The number of aromatic nitrogens is 2. The van der Waals surface area contributed by atoms with E-state index >= 15 is 0 Å². The Morgan fingerprint density at radius 1 is 1.30 bits per heavy atom. The molecule has 6 heteroatoms. The van der Waals surface area contributed by atoms with Gasteiger partial charge in [0.1, 0.15) is 0 Å². The van der Waals surface area contributed by atoms with Crippen molar-refractivity contribution in [3.8, 4) is 0 Å². The Morgan fingerprint density at radius 2 is 2.10 bits per heavy atom. The van der Waals surface area contributed by atoms with Gasteiger partial charge in [-0.3, -0.25) is 20.1 Å². The predicted molar refractivity (Wildman–Crippen MR) is 75.1 cm³/mol. The molecule has 0 bridgehead atoms. The van der Waals surface area contributed by atoms with Crippen molar-refractivity contribution in [3.63, 3.8) is 0 Å². The lowest BCUT2D eigenvalue weighted by Gasteiger charge is -2.08. The third-order valence-corrected chi connectivity index (χ3v) is 3.10. The van der Waals surface area contributed by atoms with Gasteiger partial charge in [0.15, 0.2) is 0 Å². The highest BCUT2D eigenvalue weighted by Crippen LogP contribution is 2.23. The fourth-order valence-electron chi connectivity index (χ4n) is 2.05. The summed E-state index contributed by atoms with van der Waals surface area (Å²) in [7, 11) is 0. The number of nitro groups is 1. The van der Waals surface area contributed by atoms with E-state index in [9.17, 15) is 10.1 Å². The van der Waals surface area contributed by atoms with Gasteiger partial charge >= 0.3 is 0 Å². The molecular weight excluding hydrogens is 256 g/mol. The molecule has 2 rings (SSSR count). The van der Waals surface area contributed by atoms with Gasteiger partial charge in [-0.1, -0.05) is 6.07 Å². The SMILES string of the molecule is Cc1cnc(CNCc2cccnc2)c(C)c1[N+](=O)[O-]. The standard InChI is InChI=1S/C14H16N4O2/c1-10-6-17-13(11(2)14(10)18(19)20)9-16-8-12-4-3-5-15-7-12/h3-7,16H,8-9H2,1-2H3. The minimum absolute atomic E-state index is 0.151. The number of rotatable bonds is 5. The van der Waals surface area contributed by atoms with Crippen LogP contribution in [0.3, 0.4) is 0 Å². The molecule has 2 heterocycles. The van der Waals surface area contributed by atoms with Crippen LogP contribution in [0.25, 0.3) is 0 Å². The smallest absolute Gasteiger partial charge is 0.278 e. The van der Waals surface area contributed by atoms with Crippen LogP contribution in [0.15, 0.2) is 30.7 Å². The summed E-state index contributed by atoms with van der Waals surface area (Å²) in [6.45, 7) is 4.57. The first-order valence-corrected chi connectivity index (χ1v) is 6.28. The molecule has 0 aliphatic heterocycles. The third kappa shape index (κ3) is 3.16. The van der Waals surface area contributed by atoms with Crippen LogP contribution in [0.2, 0.25) is 0 Å². The highest BCUT2D eigenvalue weighted by molar-refractivity contribution is 5.47. The van der Waals surface area contributed by atoms with Crippen LogP contribution in [0.1, 0.15) is 22.4 Å². The van der Waals surface area contributed by atoms with E-state index in [1.54, 1.807) is 32.4 Å². The van der Waals surface area contributed by atoms with Crippen molar-refractivity contribution in [1.29, 1.82) is 0 Å². The van der Waals surface area contributed by atoms with Crippen molar-refractivity contribution < 1.29 is 4.92 Å². The Kier molecular flexibility index (Phi) is 4.37. The van der Waals surface area contributed by atoms with Crippen molar-refractivity contribution >= 4 is 5.69 Å². The average molecular weight is 272 g/mol. The molecule has 0 spiro atoms. The first-order chi connectivity index (χ1) is 9.59. The van der Waals surface area contributed by atoms with Crippen molar-refractivity contribution in [2.45, 2.75) is 26.9 Å². The highest BCUT2D eigenvalue weighted by Gasteiger charge is 2.18. The minimum Gasteiger partial charge on any atom is -0.307 e. The van der Waals surface area contributed by atoms with Gasteiger partial charge in [-0.25, -0.2) is 0 Å². The second kappa shape index (κ2) is 6.21. The van der Waals surface area contributed by atoms with E-state index in [2.05, 4.69) is 15.3 Å². The summed E-state index contributed by atoms with van der Waals surface area (Å²) in [6.07, 6.45) is 5.05. The van der Waals surface area contributed by atoms with Crippen LogP contribution < -0.4 is 5.32 Å². The Morgan fingerprint density at radius 3 is 2.75 bits per heavy atom. The molecule has 6 nitrogen and oxygen atoms in total. The van der Waals surface area contributed by atoms with E-state index in [-0.39, 0.29) is 10.6 Å². The Hall–Kier alpha value is -2.34. The van der Waals surface area contributed by atoms with Crippen molar-refractivity contribution in [2.24, 2.45) is 0 Å². The minimum atomic E-state index is -0.350. The van der Waals surface area contributed by atoms with Crippen molar-refractivity contribution in [1.82, 2.24) is 15.3 Å². The number of aryl methyl sites for hydroxylation is 1. The molecule has 2 aromatic rings. The van der Waals surface area contributed by atoms with Crippen LogP contribution in [-0.2, 0) is 13.1 Å². The van der Waals surface area contributed by atoms with E-state index in [1.165, 1.54) is 0 Å². The molecule has 1 N–H and O–H groups in total. The van der Waals surface area contributed by atoms with Crippen molar-refractivity contribution in [2.75, 3.05) is 0 Å². The zero-order chi connectivity index (χ0) is 14.5. The zero-order valence-corrected chi connectivity index (χ0v) is 11.5. The zero-order valence-electron chi connectivity index (χ0n) is 11.5. The maximum atomic E-state index is 11.0. The molecule has 0 saturated carbocycles. The Bertz CT molecular complexity index is 614. The summed E-state index contributed by atoms with van der Waals surface area (Å²) in [5.41, 5.74) is 3.12. The molecule has 0 amide bonds. The molecule has 104 valence electrons. The first-order valence-electron chi connectivity index (χ1n) is 6.28. The maximum Gasteiger partial charge on any atom is 0.278 e. The lowest BCUT2D eigenvalue weighted by atomic mass is 10.1. The summed E-state index contributed by atoms with van der Waals surface area (Å²) in [6, 6.07) is 3.84. The van der Waals surface area contributed by atoms with Crippen LogP contribution in [0, 0.1) is 24.0 Å². The summed E-state index contributed by atoms with van der Waals surface area (Å²) in [4.78, 5) is 19.0. The highest BCUT2D eigenvalue weighted by atomic mass is 16.6. The van der Waals surface area contributed by atoms with Gasteiger partial charge < -0.3 is 5.32 Å². The maximum absolute atomic E-state index is 11.0. The van der Waals surface area contributed by atoms with E-state index < -0.39 is 0 Å². The van der Waals surface area contributed by atoms with Crippen LogP contribution in [-0.4, -0.2) is 14.9 Å². The van der Waals surface area contributed by atoms with Crippen LogP contribution >= 0.6 is 0 Å². The third-order valence-electron chi connectivity index (χ3n) is 3.10. The normalized spacial score (nSPS) is 10.5. The largest absolute Gasteiger partial charge is 0.307 e. The van der Waals surface area contributed by atoms with E-state index in [0.29, 0.717) is 29.9 Å². The fourth-order valence-corrected chi connectivity index (χ4v) is 2.05. The van der Waals surface area contributed by atoms with E-state index in [4.69, 9.17) is 0 Å². The molecule has 0 aliphatic rings. The van der Waals surface area contributed by atoms with Crippen molar-refractivity contribution in [3.05, 3.63) is 63.2 Å². The molecule has 0 aromatic carbocycles. The number of pyridine rings is 2. The van der Waals surface area contributed by atoms with Crippen LogP contribution in [0.5, 0.6) is 0 Å². The summed E-state index contributed by atoms with van der Waals surface area (Å²) < 4.78 is 0. The molecular formula is C14H16N4O2. The van der Waals surface area contributed by atoms with Gasteiger partial charge in [0.25, 0.3) is 5.69 Å². The molecule has 0 aliphatic carbocycles. The second-order valence-corrected chi connectivity index (χ2v) is 4.58. The monoisotopic (exact) mass is 272 g/mol. The summed E-state index contributed by atoms with van der Waals surface area (Å²) in [5.74, 6) is 0. The Balaban J connectivity index is 2.07. The van der Waals surface area contributed by atoms with Gasteiger partial charge in [-0.05, 0) is 25.5 Å². The van der Waals surface area contributed by atoms with Gasteiger partial charge in [-0.2, -0.15) is 0 Å². The molecule has 0 atom stereocenters. The molecule has 0 unspecified atom stereocenters. The summed E-state index contributed by atoms with van der Waals surface area (Å²) in [5, 5.41) is 14.3. The molecule has 0 saturated heterocycles. The number of nitrogens with one attached hydrogen (secondary N) is 1. The quantitative estimate of drug-likeness (QED) is 0.667. The fraction of sp³-hybridized carbons (Fsp3) is 0.286. The molecule has 0 radical (unpaired) electrons. The topological polar surface area (TPSA) is 81.0 Å². The molecule has 0 fully saturated rings. The lowest BCUT2D eigenvalue weighted by molar-refractivity contribution is -0.386. The Labute approximate surface area is 117 Å². The first kappa shape index (κ1) is 14.1. The molecule has 2 aromatic heterocycles. The predicted octanol–water partition coefficient (Wildman–Crippen LogP) is 2.29. The lowest BCUT2D eigenvalue weighted by Crippen LogP contribution is -2.15. The van der Waals surface area contributed by atoms with Gasteiger partial charge in [-0.15, -0.1) is 0 Å².